The summed E-state index contributed by atoms with van der Waals surface area (Å²) in [6.07, 6.45) is 5.23. The first kappa shape index (κ1) is 16.9. The first-order valence-electron chi connectivity index (χ1n) is 7.67. The minimum absolute atomic E-state index is 0.727. The van der Waals surface area contributed by atoms with Crippen molar-refractivity contribution in [3.8, 4) is 0 Å². The van der Waals surface area contributed by atoms with E-state index in [4.69, 9.17) is 0 Å². The minimum atomic E-state index is 0.727. The van der Waals surface area contributed by atoms with E-state index in [1.165, 1.54) is 38.8 Å². The molecule has 0 amide bonds. The van der Waals surface area contributed by atoms with Gasteiger partial charge in [0, 0.05) is 19.1 Å². The van der Waals surface area contributed by atoms with Crippen molar-refractivity contribution in [1.82, 2.24) is 10.2 Å². The Balaban J connectivity index is 4.31. The summed E-state index contributed by atoms with van der Waals surface area (Å²) in [6, 6.07) is 0.727. The van der Waals surface area contributed by atoms with Gasteiger partial charge in [0.2, 0.25) is 0 Å². The van der Waals surface area contributed by atoms with E-state index in [9.17, 15) is 0 Å². The SMILES string of the molecule is CCCC(CNCC)N(CC)CC(CC)CC. The molecule has 1 unspecified atom stereocenters. The molecule has 2 nitrogen and oxygen atoms in total. The molecule has 0 aromatic heterocycles. The first-order valence-corrected chi connectivity index (χ1v) is 7.67. The Morgan fingerprint density at radius 1 is 1.00 bits per heavy atom. The largest absolute Gasteiger partial charge is 0.315 e. The number of hydrogen-bond acceptors (Lipinski definition) is 2. The highest BCUT2D eigenvalue weighted by molar-refractivity contribution is 4.75. The number of hydrogen-bond donors (Lipinski definition) is 1. The summed E-state index contributed by atoms with van der Waals surface area (Å²) >= 11 is 0. The van der Waals surface area contributed by atoms with Crippen LogP contribution in [0.4, 0.5) is 0 Å². The molecule has 0 aliphatic carbocycles. The molecular formula is C15H34N2. The maximum atomic E-state index is 3.52. The van der Waals surface area contributed by atoms with Crippen LogP contribution in [0.15, 0.2) is 0 Å². The van der Waals surface area contributed by atoms with E-state index >= 15 is 0 Å². The minimum Gasteiger partial charge on any atom is -0.315 e. The van der Waals surface area contributed by atoms with E-state index in [-0.39, 0.29) is 0 Å². The molecule has 0 saturated heterocycles. The number of rotatable bonds is 11. The van der Waals surface area contributed by atoms with Gasteiger partial charge in [-0.3, -0.25) is 4.90 Å². The van der Waals surface area contributed by atoms with Crippen molar-refractivity contribution in [3.63, 3.8) is 0 Å². The van der Waals surface area contributed by atoms with Gasteiger partial charge in [-0.15, -0.1) is 0 Å². The lowest BCUT2D eigenvalue weighted by Crippen LogP contribution is -2.44. The molecule has 0 spiro atoms. The molecule has 0 aromatic rings. The Labute approximate surface area is 109 Å². The second kappa shape index (κ2) is 11.0. The third-order valence-corrected chi connectivity index (χ3v) is 3.82. The van der Waals surface area contributed by atoms with E-state index in [0.717, 1.165) is 25.0 Å². The van der Waals surface area contributed by atoms with Gasteiger partial charge in [-0.1, -0.05) is 53.9 Å². The topological polar surface area (TPSA) is 15.3 Å². The number of nitrogens with zero attached hydrogens (tertiary/aromatic N) is 1. The predicted octanol–water partition coefficient (Wildman–Crippen LogP) is 3.52. The smallest absolute Gasteiger partial charge is 0.0220 e. The molecule has 0 aromatic carbocycles. The van der Waals surface area contributed by atoms with Crippen molar-refractivity contribution < 1.29 is 0 Å². The summed E-state index contributed by atoms with van der Waals surface area (Å²) in [5, 5.41) is 3.52. The molecule has 0 radical (unpaired) electrons. The van der Waals surface area contributed by atoms with E-state index in [1.807, 2.05) is 0 Å². The van der Waals surface area contributed by atoms with E-state index in [2.05, 4.69) is 44.8 Å². The number of nitrogens with one attached hydrogen (secondary N) is 1. The van der Waals surface area contributed by atoms with Crippen LogP contribution in [-0.4, -0.2) is 37.1 Å². The van der Waals surface area contributed by atoms with Crippen LogP contribution < -0.4 is 5.32 Å². The molecular weight excluding hydrogens is 208 g/mol. The van der Waals surface area contributed by atoms with Crippen molar-refractivity contribution in [2.75, 3.05) is 26.2 Å². The second-order valence-corrected chi connectivity index (χ2v) is 5.02. The van der Waals surface area contributed by atoms with Gasteiger partial charge in [0.05, 0.1) is 0 Å². The lowest BCUT2D eigenvalue weighted by molar-refractivity contribution is 0.158. The highest BCUT2D eigenvalue weighted by Crippen LogP contribution is 2.14. The van der Waals surface area contributed by atoms with Crippen molar-refractivity contribution in [2.45, 2.75) is 66.3 Å². The summed E-state index contributed by atoms with van der Waals surface area (Å²) in [7, 11) is 0. The Morgan fingerprint density at radius 2 is 1.65 bits per heavy atom. The normalized spacial score (nSPS) is 13.6. The van der Waals surface area contributed by atoms with Crippen molar-refractivity contribution in [1.29, 1.82) is 0 Å². The fraction of sp³-hybridized carbons (Fsp3) is 1.00. The molecule has 1 atom stereocenters. The third kappa shape index (κ3) is 7.05. The summed E-state index contributed by atoms with van der Waals surface area (Å²) in [4.78, 5) is 2.68. The highest BCUT2D eigenvalue weighted by Gasteiger charge is 2.18. The summed E-state index contributed by atoms with van der Waals surface area (Å²) < 4.78 is 0. The molecule has 2 heteroatoms. The van der Waals surface area contributed by atoms with Crippen molar-refractivity contribution in [3.05, 3.63) is 0 Å². The molecule has 0 aliphatic heterocycles. The fourth-order valence-electron chi connectivity index (χ4n) is 2.47. The van der Waals surface area contributed by atoms with E-state index < -0.39 is 0 Å². The molecule has 0 heterocycles. The van der Waals surface area contributed by atoms with Gasteiger partial charge in [0.25, 0.3) is 0 Å². The van der Waals surface area contributed by atoms with Gasteiger partial charge in [-0.05, 0) is 25.4 Å². The molecule has 0 rings (SSSR count). The molecule has 0 aliphatic rings. The van der Waals surface area contributed by atoms with Gasteiger partial charge < -0.3 is 5.32 Å². The molecule has 1 N–H and O–H groups in total. The van der Waals surface area contributed by atoms with Crippen LogP contribution >= 0.6 is 0 Å². The first-order chi connectivity index (χ1) is 8.23. The zero-order chi connectivity index (χ0) is 13.1. The Hall–Kier alpha value is -0.0800. The van der Waals surface area contributed by atoms with Gasteiger partial charge in [0.15, 0.2) is 0 Å². The quantitative estimate of drug-likeness (QED) is 0.596. The van der Waals surface area contributed by atoms with Crippen LogP contribution in [0, 0.1) is 5.92 Å². The zero-order valence-corrected chi connectivity index (χ0v) is 12.8. The Kier molecular flexibility index (Phi) is 11.0. The maximum absolute atomic E-state index is 3.52. The molecule has 104 valence electrons. The van der Waals surface area contributed by atoms with Crippen LogP contribution in [0.2, 0.25) is 0 Å². The molecule has 0 bridgehead atoms. The lowest BCUT2D eigenvalue weighted by atomic mass is 10.0. The molecule has 0 saturated carbocycles. The lowest BCUT2D eigenvalue weighted by Gasteiger charge is -2.33. The summed E-state index contributed by atoms with van der Waals surface area (Å²) in [6.45, 7) is 16.1. The van der Waals surface area contributed by atoms with E-state index in [1.54, 1.807) is 0 Å². The zero-order valence-electron chi connectivity index (χ0n) is 12.8. The summed E-state index contributed by atoms with van der Waals surface area (Å²) in [5.41, 5.74) is 0. The van der Waals surface area contributed by atoms with Crippen molar-refractivity contribution in [2.24, 2.45) is 5.92 Å². The standard InChI is InChI=1S/C15H34N2/c1-6-11-15(12-16-9-4)17(10-5)13-14(7-2)8-3/h14-16H,6-13H2,1-5H3. The van der Waals surface area contributed by atoms with Gasteiger partial charge >= 0.3 is 0 Å². The van der Waals surface area contributed by atoms with Crippen LogP contribution in [0.25, 0.3) is 0 Å². The maximum Gasteiger partial charge on any atom is 0.0220 e. The predicted molar refractivity (Wildman–Crippen MR) is 78.6 cm³/mol. The van der Waals surface area contributed by atoms with Crippen LogP contribution in [-0.2, 0) is 0 Å². The fourth-order valence-corrected chi connectivity index (χ4v) is 2.47. The average Bonchev–Trinajstić information content (AvgIpc) is 2.36. The third-order valence-electron chi connectivity index (χ3n) is 3.82. The van der Waals surface area contributed by atoms with Crippen molar-refractivity contribution >= 4 is 0 Å². The Bertz CT molecular complexity index is 155. The number of likely N-dealkylation sites (N-methyl/N-ethyl adjacent to an activating group) is 2. The summed E-state index contributed by atoms with van der Waals surface area (Å²) in [5.74, 6) is 0.871. The van der Waals surface area contributed by atoms with Crippen LogP contribution in [0.1, 0.15) is 60.3 Å². The highest BCUT2D eigenvalue weighted by atomic mass is 15.2. The molecule has 0 fully saturated rings. The van der Waals surface area contributed by atoms with Gasteiger partial charge in [-0.25, -0.2) is 0 Å². The monoisotopic (exact) mass is 242 g/mol. The second-order valence-electron chi connectivity index (χ2n) is 5.02. The van der Waals surface area contributed by atoms with Crippen LogP contribution in [0.5, 0.6) is 0 Å². The van der Waals surface area contributed by atoms with Gasteiger partial charge in [0.1, 0.15) is 0 Å². The van der Waals surface area contributed by atoms with E-state index in [0.29, 0.717) is 0 Å². The van der Waals surface area contributed by atoms with Crippen LogP contribution in [0.3, 0.4) is 0 Å². The Morgan fingerprint density at radius 3 is 2.06 bits per heavy atom. The molecule has 17 heavy (non-hydrogen) atoms. The van der Waals surface area contributed by atoms with Gasteiger partial charge in [-0.2, -0.15) is 0 Å². The average molecular weight is 242 g/mol.